The van der Waals surface area contributed by atoms with Crippen LogP contribution < -0.4 is 10.6 Å². The number of sulfonamides is 1. The van der Waals surface area contributed by atoms with Gasteiger partial charge in [-0.25, -0.2) is 21.5 Å². The van der Waals surface area contributed by atoms with Crippen molar-refractivity contribution in [1.29, 1.82) is 0 Å². The van der Waals surface area contributed by atoms with Crippen LogP contribution in [-0.4, -0.2) is 56.0 Å². The van der Waals surface area contributed by atoms with Gasteiger partial charge in [0.2, 0.25) is 10.0 Å². The number of rotatable bonds is 14. The van der Waals surface area contributed by atoms with Gasteiger partial charge >= 0.3 is 0 Å². The van der Waals surface area contributed by atoms with E-state index in [9.17, 15) is 27.1 Å². The van der Waals surface area contributed by atoms with Gasteiger partial charge in [-0.2, -0.15) is 0 Å². The number of nitrogens with one attached hydrogen (secondary N) is 2. The minimum absolute atomic E-state index is 0.0249. The predicted molar refractivity (Wildman–Crippen MR) is 151 cm³/mol. The van der Waals surface area contributed by atoms with Crippen LogP contribution in [0.5, 0.6) is 0 Å². The van der Waals surface area contributed by atoms with Crippen LogP contribution in [0, 0.1) is 11.6 Å². The predicted octanol–water partition coefficient (Wildman–Crippen LogP) is 4.05. The molecule has 3 N–H and O–H groups in total. The van der Waals surface area contributed by atoms with Gasteiger partial charge in [0.05, 0.1) is 17.0 Å². The van der Waals surface area contributed by atoms with Crippen molar-refractivity contribution in [2.24, 2.45) is 0 Å². The van der Waals surface area contributed by atoms with E-state index in [1.165, 1.54) is 41.2 Å². The summed E-state index contributed by atoms with van der Waals surface area (Å²) in [7, 11) is -2.19. The fourth-order valence-electron chi connectivity index (χ4n) is 4.38. The van der Waals surface area contributed by atoms with E-state index in [1.807, 2.05) is 25.1 Å². The molecule has 0 saturated heterocycles. The van der Waals surface area contributed by atoms with Gasteiger partial charge in [-0.3, -0.25) is 4.79 Å². The summed E-state index contributed by atoms with van der Waals surface area (Å²) >= 11 is 0. The zero-order valence-corrected chi connectivity index (χ0v) is 23.8. The zero-order valence-electron chi connectivity index (χ0n) is 23.0. The van der Waals surface area contributed by atoms with Gasteiger partial charge in [0, 0.05) is 38.3 Å². The van der Waals surface area contributed by atoms with Gasteiger partial charge in [-0.1, -0.05) is 38.1 Å². The Kier molecular flexibility index (Phi) is 11.3. The topological polar surface area (TPSA) is 98.7 Å². The first-order valence-corrected chi connectivity index (χ1v) is 14.8. The maximum Gasteiger partial charge on any atom is 0.251 e. The molecule has 0 unspecified atom stereocenters. The maximum absolute atomic E-state index is 13.8. The van der Waals surface area contributed by atoms with Gasteiger partial charge in [0.15, 0.2) is 0 Å². The molecule has 0 aliphatic rings. The van der Waals surface area contributed by atoms with Crippen molar-refractivity contribution in [1.82, 2.24) is 14.9 Å². The first-order valence-electron chi connectivity index (χ1n) is 13.3. The molecule has 0 bridgehead atoms. The fourth-order valence-corrected chi connectivity index (χ4v) is 5.64. The molecule has 7 nitrogen and oxygen atoms in total. The summed E-state index contributed by atoms with van der Waals surface area (Å²) in [5.41, 5.74) is 2.69. The van der Waals surface area contributed by atoms with Crippen LogP contribution in [0.4, 0.5) is 8.78 Å². The molecule has 40 heavy (non-hydrogen) atoms. The average molecular weight is 574 g/mol. The SMILES string of the molecule is CCCN(C)S(=O)(=O)c1ccc(C(=O)N[C@@H](Cc2cc(F)cc(F)c2)[C@@H](O)CNCc2cccc(CC)c2)cc1. The lowest BCUT2D eigenvalue weighted by Crippen LogP contribution is -2.48. The number of hydrogen-bond donors (Lipinski definition) is 3. The highest BCUT2D eigenvalue weighted by Crippen LogP contribution is 2.17. The smallest absolute Gasteiger partial charge is 0.251 e. The Morgan fingerprint density at radius 2 is 1.60 bits per heavy atom. The Labute approximate surface area is 235 Å². The van der Waals surface area contributed by atoms with Crippen molar-refractivity contribution in [3.8, 4) is 0 Å². The first-order chi connectivity index (χ1) is 19.0. The highest BCUT2D eigenvalue weighted by Gasteiger charge is 2.24. The molecule has 216 valence electrons. The van der Waals surface area contributed by atoms with Gasteiger partial charge in [0.25, 0.3) is 5.91 Å². The van der Waals surface area contributed by atoms with Crippen molar-refractivity contribution in [2.45, 2.75) is 56.7 Å². The second-order valence-electron chi connectivity index (χ2n) is 9.78. The second kappa shape index (κ2) is 14.5. The summed E-state index contributed by atoms with van der Waals surface area (Å²) in [6.45, 7) is 4.91. The number of benzene rings is 3. The van der Waals surface area contributed by atoms with E-state index in [0.29, 0.717) is 19.5 Å². The molecular formula is C30H37F2N3O4S. The summed E-state index contributed by atoms with van der Waals surface area (Å²) in [4.78, 5) is 13.2. The van der Waals surface area contributed by atoms with Crippen molar-refractivity contribution >= 4 is 15.9 Å². The standard InChI is InChI=1S/C30H37F2N3O4S/c1-4-13-35(3)40(38,39)27-11-9-24(10-12-27)30(37)34-28(17-23-15-25(31)18-26(32)16-23)29(36)20-33-19-22-8-6-7-21(5-2)14-22/h6-12,14-16,18,28-29,33,36H,4-5,13,17,19-20H2,1-3H3,(H,34,37)/t28-,29-/m0/s1. The Morgan fingerprint density at radius 1 is 0.950 bits per heavy atom. The van der Waals surface area contributed by atoms with Crippen LogP contribution in [0.3, 0.4) is 0 Å². The molecule has 3 rings (SSSR count). The number of hydrogen-bond acceptors (Lipinski definition) is 5. The minimum Gasteiger partial charge on any atom is -0.390 e. The highest BCUT2D eigenvalue weighted by atomic mass is 32.2. The van der Waals surface area contributed by atoms with E-state index in [4.69, 9.17) is 0 Å². The van der Waals surface area contributed by atoms with E-state index in [-0.39, 0.29) is 29.0 Å². The van der Waals surface area contributed by atoms with E-state index < -0.39 is 39.7 Å². The van der Waals surface area contributed by atoms with Gasteiger partial charge in [-0.15, -0.1) is 0 Å². The molecule has 1 amide bonds. The third-order valence-corrected chi connectivity index (χ3v) is 8.48. The molecule has 2 atom stereocenters. The summed E-state index contributed by atoms with van der Waals surface area (Å²) in [6, 6.07) is 15.7. The zero-order chi connectivity index (χ0) is 29.3. The molecular weight excluding hydrogens is 536 g/mol. The van der Waals surface area contributed by atoms with Crippen LogP contribution in [0.15, 0.2) is 71.6 Å². The largest absolute Gasteiger partial charge is 0.390 e. The van der Waals surface area contributed by atoms with Crippen molar-refractivity contribution in [2.75, 3.05) is 20.1 Å². The molecule has 3 aromatic rings. The Bertz CT molecular complexity index is 1360. The van der Waals surface area contributed by atoms with Gasteiger partial charge < -0.3 is 15.7 Å². The number of carbonyl (C=O) groups is 1. The molecule has 0 fully saturated rings. The van der Waals surface area contributed by atoms with E-state index in [0.717, 1.165) is 30.2 Å². The summed E-state index contributed by atoms with van der Waals surface area (Å²) in [6.07, 6.45) is 0.446. The molecule has 10 heteroatoms. The molecule has 0 spiro atoms. The normalized spacial score (nSPS) is 13.3. The summed E-state index contributed by atoms with van der Waals surface area (Å²) in [5.74, 6) is -2.07. The van der Waals surface area contributed by atoms with Gasteiger partial charge in [0.1, 0.15) is 11.6 Å². The number of halogens is 2. The summed E-state index contributed by atoms with van der Waals surface area (Å²) in [5, 5.41) is 16.9. The highest BCUT2D eigenvalue weighted by molar-refractivity contribution is 7.89. The number of aliphatic hydroxyl groups is 1. The molecule has 0 aliphatic heterocycles. The van der Waals surface area contributed by atoms with E-state index >= 15 is 0 Å². The lowest BCUT2D eigenvalue weighted by molar-refractivity contribution is 0.0829. The number of amides is 1. The van der Waals surface area contributed by atoms with Crippen LogP contribution in [-0.2, 0) is 29.4 Å². The minimum atomic E-state index is -3.68. The fraction of sp³-hybridized carbons (Fsp3) is 0.367. The van der Waals surface area contributed by atoms with Crippen LogP contribution in [0.1, 0.15) is 47.3 Å². The quantitative estimate of drug-likeness (QED) is 0.270. The lowest BCUT2D eigenvalue weighted by Gasteiger charge is -2.25. The van der Waals surface area contributed by atoms with E-state index in [2.05, 4.69) is 23.6 Å². The lowest BCUT2D eigenvalue weighted by atomic mass is 10.00. The van der Waals surface area contributed by atoms with Crippen molar-refractivity contribution < 1.29 is 27.1 Å². The monoisotopic (exact) mass is 573 g/mol. The van der Waals surface area contributed by atoms with E-state index in [1.54, 1.807) is 0 Å². The molecule has 0 radical (unpaired) electrons. The Morgan fingerprint density at radius 3 is 2.23 bits per heavy atom. The molecule has 0 aromatic heterocycles. The Hall–Kier alpha value is -3.18. The number of aryl methyl sites for hydroxylation is 1. The number of nitrogens with zero attached hydrogens (tertiary/aromatic N) is 1. The average Bonchev–Trinajstić information content (AvgIpc) is 2.92. The summed E-state index contributed by atoms with van der Waals surface area (Å²) < 4.78 is 54.3. The molecule has 3 aromatic carbocycles. The third kappa shape index (κ3) is 8.66. The number of carbonyl (C=O) groups excluding carboxylic acids is 1. The molecule has 0 heterocycles. The molecule has 0 saturated carbocycles. The van der Waals surface area contributed by atoms with Crippen LogP contribution in [0.2, 0.25) is 0 Å². The molecule has 0 aliphatic carbocycles. The van der Waals surface area contributed by atoms with Crippen LogP contribution in [0.25, 0.3) is 0 Å². The van der Waals surface area contributed by atoms with Crippen LogP contribution >= 0.6 is 0 Å². The van der Waals surface area contributed by atoms with Crippen molar-refractivity contribution in [3.63, 3.8) is 0 Å². The second-order valence-corrected chi connectivity index (χ2v) is 11.8. The van der Waals surface area contributed by atoms with Gasteiger partial charge in [-0.05, 0) is 72.4 Å². The number of aliphatic hydroxyl groups excluding tert-OH is 1. The van der Waals surface area contributed by atoms with Crippen molar-refractivity contribution in [3.05, 3.63) is 101 Å². The first kappa shape index (κ1) is 31.3. The maximum atomic E-state index is 13.8. The third-order valence-electron chi connectivity index (χ3n) is 6.60. The Balaban J connectivity index is 1.74.